The minimum Gasteiger partial charge on any atom is -0.446 e. The first-order valence-corrected chi connectivity index (χ1v) is 7.71. The molecule has 3 rings (SSSR count). The van der Waals surface area contributed by atoms with Crippen LogP contribution in [0, 0.1) is 6.92 Å². The number of amides is 1. The zero-order chi connectivity index (χ0) is 15.7. The average molecular weight is 359 g/mol. The molecule has 0 radical (unpaired) electrons. The van der Waals surface area contributed by atoms with Crippen molar-refractivity contribution in [2.45, 2.75) is 20.1 Å². The quantitative estimate of drug-likeness (QED) is 0.814. The van der Waals surface area contributed by atoms with Crippen LogP contribution in [0.2, 0.25) is 0 Å². The van der Waals surface area contributed by atoms with E-state index in [-0.39, 0.29) is 5.91 Å². The zero-order valence-corrected chi connectivity index (χ0v) is 13.9. The van der Waals surface area contributed by atoms with Crippen molar-refractivity contribution in [2.75, 3.05) is 0 Å². The highest BCUT2D eigenvalue weighted by Gasteiger charge is 2.32. The second-order valence-corrected chi connectivity index (χ2v) is 6.07. The summed E-state index contributed by atoms with van der Waals surface area (Å²) in [6.45, 7) is 3.50. The number of hydrogen-bond donors (Lipinski definition) is 0. The summed E-state index contributed by atoms with van der Waals surface area (Å²) in [6, 6.07) is 15.5. The van der Waals surface area contributed by atoms with Gasteiger partial charge in [0.25, 0.3) is 0 Å². The number of carbonyl (C=O) groups excluding carboxylic acids is 1. The largest absolute Gasteiger partial charge is 0.446 e. The van der Waals surface area contributed by atoms with Gasteiger partial charge in [0.05, 0.1) is 0 Å². The van der Waals surface area contributed by atoms with Gasteiger partial charge in [-0.25, -0.2) is 0 Å². The molecule has 0 saturated heterocycles. The van der Waals surface area contributed by atoms with E-state index in [1.54, 1.807) is 0 Å². The van der Waals surface area contributed by atoms with Crippen LogP contribution >= 0.6 is 15.9 Å². The van der Waals surface area contributed by atoms with E-state index in [2.05, 4.69) is 21.0 Å². The number of rotatable bonds is 2. The zero-order valence-electron chi connectivity index (χ0n) is 12.3. The number of carbonyl (C=O) groups is 1. The van der Waals surface area contributed by atoms with Crippen LogP contribution in [0.4, 0.5) is 0 Å². The minimum atomic E-state index is -0.526. The first-order chi connectivity index (χ1) is 10.5. The molecule has 5 heteroatoms. The molecule has 0 saturated carbocycles. The number of hydrogen-bond acceptors (Lipinski definition) is 3. The van der Waals surface area contributed by atoms with Crippen molar-refractivity contribution >= 4 is 27.7 Å². The maximum atomic E-state index is 11.9. The average Bonchev–Trinajstić information content (AvgIpc) is 2.94. The Labute approximate surface area is 137 Å². The van der Waals surface area contributed by atoms with Crippen LogP contribution < -0.4 is 0 Å². The van der Waals surface area contributed by atoms with Crippen molar-refractivity contribution in [3.05, 3.63) is 69.7 Å². The molecule has 1 atom stereocenters. The molecule has 1 heterocycles. The van der Waals surface area contributed by atoms with Crippen molar-refractivity contribution in [1.82, 2.24) is 5.01 Å². The number of nitrogens with zero attached hydrogens (tertiary/aromatic N) is 2. The second-order valence-electron chi connectivity index (χ2n) is 5.16. The lowest BCUT2D eigenvalue weighted by Crippen LogP contribution is -2.25. The van der Waals surface area contributed by atoms with Crippen LogP contribution in [0.15, 0.2) is 58.1 Å². The molecule has 0 unspecified atom stereocenters. The van der Waals surface area contributed by atoms with E-state index in [9.17, 15) is 4.79 Å². The third kappa shape index (κ3) is 2.90. The first-order valence-electron chi connectivity index (χ1n) is 6.92. The van der Waals surface area contributed by atoms with Crippen LogP contribution in [-0.4, -0.2) is 16.8 Å². The van der Waals surface area contributed by atoms with Gasteiger partial charge in [-0.15, -0.1) is 5.10 Å². The van der Waals surface area contributed by atoms with Gasteiger partial charge in [-0.1, -0.05) is 45.8 Å². The topological polar surface area (TPSA) is 41.9 Å². The third-order valence-electron chi connectivity index (χ3n) is 3.42. The van der Waals surface area contributed by atoms with Crippen molar-refractivity contribution in [2.24, 2.45) is 5.10 Å². The van der Waals surface area contributed by atoms with Gasteiger partial charge in [0.15, 0.2) is 0 Å². The number of hydrazone groups is 1. The Morgan fingerprint density at radius 3 is 2.36 bits per heavy atom. The van der Waals surface area contributed by atoms with E-state index < -0.39 is 6.23 Å². The van der Waals surface area contributed by atoms with Gasteiger partial charge in [0.2, 0.25) is 18.0 Å². The van der Waals surface area contributed by atoms with Crippen molar-refractivity contribution in [3.63, 3.8) is 0 Å². The summed E-state index contributed by atoms with van der Waals surface area (Å²) in [4.78, 5) is 11.9. The molecule has 1 aliphatic rings. The molecule has 0 fully saturated rings. The van der Waals surface area contributed by atoms with Crippen LogP contribution in [0.25, 0.3) is 0 Å². The predicted molar refractivity (Wildman–Crippen MR) is 88.2 cm³/mol. The fourth-order valence-electron chi connectivity index (χ4n) is 2.22. The Morgan fingerprint density at radius 1 is 1.14 bits per heavy atom. The Hall–Kier alpha value is -2.14. The highest BCUT2D eigenvalue weighted by atomic mass is 79.9. The summed E-state index contributed by atoms with van der Waals surface area (Å²) in [5.74, 6) is 0.304. The van der Waals surface area contributed by atoms with E-state index in [1.165, 1.54) is 11.9 Å². The standard InChI is InChI=1S/C17H15BrN2O2/c1-11-3-5-13(6-4-11)16-19-20(12(2)21)17(22-16)14-7-9-15(18)10-8-14/h3-10,17H,1-2H3/t17-/m0/s1. The Morgan fingerprint density at radius 2 is 1.77 bits per heavy atom. The number of halogens is 1. The molecule has 1 amide bonds. The van der Waals surface area contributed by atoms with Gasteiger partial charge in [-0.3, -0.25) is 4.79 Å². The Kier molecular flexibility index (Phi) is 3.98. The summed E-state index contributed by atoms with van der Waals surface area (Å²) >= 11 is 3.40. The van der Waals surface area contributed by atoms with E-state index in [1.807, 2.05) is 55.5 Å². The predicted octanol–water partition coefficient (Wildman–Crippen LogP) is 4.00. The summed E-state index contributed by atoms with van der Waals surface area (Å²) in [5.41, 5.74) is 2.90. The van der Waals surface area contributed by atoms with Crippen molar-refractivity contribution in [3.8, 4) is 0 Å². The summed E-state index contributed by atoms with van der Waals surface area (Å²) in [6.07, 6.45) is -0.526. The van der Waals surface area contributed by atoms with Crippen LogP contribution in [0.3, 0.4) is 0 Å². The van der Waals surface area contributed by atoms with E-state index in [4.69, 9.17) is 4.74 Å². The van der Waals surface area contributed by atoms with Gasteiger partial charge in [-0.05, 0) is 31.2 Å². The van der Waals surface area contributed by atoms with E-state index in [0.29, 0.717) is 5.90 Å². The van der Waals surface area contributed by atoms with Crippen LogP contribution in [0.5, 0.6) is 0 Å². The normalized spacial score (nSPS) is 17.1. The number of ether oxygens (including phenoxy) is 1. The molecule has 22 heavy (non-hydrogen) atoms. The molecular formula is C17H15BrN2O2. The summed E-state index contributed by atoms with van der Waals surface area (Å²) in [5, 5.41) is 5.71. The molecule has 0 bridgehead atoms. The van der Waals surface area contributed by atoms with Crippen LogP contribution in [0.1, 0.15) is 29.8 Å². The van der Waals surface area contributed by atoms with Gasteiger partial charge >= 0.3 is 0 Å². The smallest absolute Gasteiger partial charge is 0.243 e. The third-order valence-corrected chi connectivity index (χ3v) is 3.95. The van der Waals surface area contributed by atoms with E-state index in [0.717, 1.165) is 21.2 Å². The lowest BCUT2D eigenvalue weighted by atomic mass is 10.1. The SMILES string of the molecule is CC(=O)N1N=C(c2ccc(C)cc2)O[C@H]1c1ccc(Br)cc1. The maximum Gasteiger partial charge on any atom is 0.243 e. The first kappa shape index (κ1) is 14.8. The lowest BCUT2D eigenvalue weighted by molar-refractivity contribution is -0.135. The second kappa shape index (κ2) is 5.93. The van der Waals surface area contributed by atoms with Gasteiger partial charge < -0.3 is 4.74 Å². The van der Waals surface area contributed by atoms with Gasteiger partial charge in [0.1, 0.15) is 0 Å². The fourth-order valence-corrected chi connectivity index (χ4v) is 2.49. The molecule has 2 aromatic carbocycles. The Bertz CT molecular complexity index is 723. The highest BCUT2D eigenvalue weighted by molar-refractivity contribution is 9.10. The Balaban J connectivity index is 1.92. The number of aryl methyl sites for hydroxylation is 1. The maximum absolute atomic E-state index is 11.9. The molecule has 0 aliphatic carbocycles. The molecule has 4 nitrogen and oxygen atoms in total. The molecular weight excluding hydrogens is 344 g/mol. The van der Waals surface area contributed by atoms with Gasteiger partial charge in [0, 0.05) is 22.5 Å². The molecule has 0 aromatic heterocycles. The molecule has 0 spiro atoms. The van der Waals surface area contributed by atoms with Crippen LogP contribution in [-0.2, 0) is 9.53 Å². The van der Waals surface area contributed by atoms with Crippen molar-refractivity contribution < 1.29 is 9.53 Å². The summed E-state index contributed by atoms with van der Waals surface area (Å²) in [7, 11) is 0. The molecule has 0 N–H and O–H groups in total. The van der Waals surface area contributed by atoms with E-state index >= 15 is 0 Å². The fraction of sp³-hybridized carbons (Fsp3) is 0.176. The molecule has 1 aliphatic heterocycles. The van der Waals surface area contributed by atoms with Crippen molar-refractivity contribution in [1.29, 1.82) is 0 Å². The van der Waals surface area contributed by atoms with Gasteiger partial charge in [-0.2, -0.15) is 5.01 Å². The number of benzene rings is 2. The monoisotopic (exact) mass is 358 g/mol. The molecule has 112 valence electrons. The highest BCUT2D eigenvalue weighted by Crippen LogP contribution is 2.30. The molecule has 2 aromatic rings. The summed E-state index contributed by atoms with van der Waals surface area (Å²) < 4.78 is 6.90. The minimum absolute atomic E-state index is 0.157. The lowest BCUT2D eigenvalue weighted by Gasteiger charge is -2.19.